The molecule has 0 amide bonds. The molecule has 27 heavy (non-hydrogen) atoms. The monoisotopic (exact) mass is 368 g/mol. The molecule has 0 aliphatic heterocycles. The summed E-state index contributed by atoms with van der Waals surface area (Å²) >= 11 is 0. The van der Waals surface area contributed by atoms with Crippen LogP contribution in [0.3, 0.4) is 0 Å². The van der Waals surface area contributed by atoms with Gasteiger partial charge in [-0.05, 0) is 48.4 Å². The third kappa shape index (κ3) is 3.48. The van der Waals surface area contributed by atoms with E-state index in [1.54, 1.807) is 6.92 Å². The maximum atomic E-state index is 12.0. The molecule has 2 aromatic carbocycles. The van der Waals surface area contributed by atoms with Gasteiger partial charge < -0.3 is 24.5 Å². The first-order chi connectivity index (χ1) is 12.8. The van der Waals surface area contributed by atoms with E-state index in [2.05, 4.69) is 0 Å². The van der Waals surface area contributed by atoms with Gasteiger partial charge in [0.1, 0.15) is 22.5 Å². The molecule has 138 valence electrons. The molecule has 0 saturated carbocycles. The van der Waals surface area contributed by atoms with Crippen LogP contribution in [0.25, 0.3) is 22.6 Å². The summed E-state index contributed by atoms with van der Waals surface area (Å²) in [6.07, 6.45) is 1.36. The van der Waals surface area contributed by atoms with Gasteiger partial charge in [-0.1, -0.05) is 6.07 Å². The van der Waals surface area contributed by atoms with Gasteiger partial charge in [0.15, 0.2) is 16.9 Å². The van der Waals surface area contributed by atoms with E-state index < -0.39 is 11.4 Å². The second-order valence-electron chi connectivity index (χ2n) is 5.88. The third-order valence-corrected chi connectivity index (χ3v) is 3.99. The first-order valence-corrected chi connectivity index (χ1v) is 7.90. The number of rotatable bonds is 4. The fourth-order valence-corrected chi connectivity index (χ4v) is 2.76. The van der Waals surface area contributed by atoms with Crippen molar-refractivity contribution in [2.45, 2.75) is 6.92 Å². The third-order valence-electron chi connectivity index (χ3n) is 3.99. The van der Waals surface area contributed by atoms with Crippen molar-refractivity contribution >= 4 is 28.6 Å². The minimum atomic E-state index is -1.24. The number of aliphatic carboxylic acids is 1. The first kappa shape index (κ1) is 18.1. The molecule has 7 nitrogen and oxygen atoms in total. The standard InChI is InChI=1S/C20H16O7/c1-10-5-15(22)19-16(23)8-12(9-18(19)27-10)13(20(24)25)6-11-3-4-14(21)17(7-11)26-2/h3-9,21,23H,1-2H3,(H,24,25). The number of carboxylic acids is 1. The molecule has 3 rings (SSSR count). The zero-order valence-electron chi connectivity index (χ0n) is 14.5. The molecule has 7 heteroatoms. The predicted molar refractivity (Wildman–Crippen MR) is 99.1 cm³/mol. The minimum Gasteiger partial charge on any atom is -0.507 e. The van der Waals surface area contributed by atoms with Gasteiger partial charge in [-0.15, -0.1) is 0 Å². The molecule has 0 aliphatic carbocycles. The van der Waals surface area contributed by atoms with Gasteiger partial charge in [-0.3, -0.25) is 4.79 Å². The summed E-state index contributed by atoms with van der Waals surface area (Å²) in [5.74, 6) is -1.15. The molecule has 0 fully saturated rings. The molecule has 1 heterocycles. The highest BCUT2D eigenvalue weighted by atomic mass is 16.5. The average Bonchev–Trinajstić information content (AvgIpc) is 2.59. The Morgan fingerprint density at radius 3 is 2.52 bits per heavy atom. The first-order valence-electron chi connectivity index (χ1n) is 7.90. The Labute approximate surface area is 153 Å². The number of ether oxygens (including phenoxy) is 1. The lowest BCUT2D eigenvalue weighted by Crippen LogP contribution is -2.03. The van der Waals surface area contributed by atoms with Crippen LogP contribution in [-0.2, 0) is 4.79 Å². The maximum absolute atomic E-state index is 12.0. The number of phenols is 2. The van der Waals surface area contributed by atoms with Gasteiger partial charge in [0, 0.05) is 6.07 Å². The summed E-state index contributed by atoms with van der Waals surface area (Å²) in [6.45, 7) is 1.58. The second kappa shape index (κ2) is 6.87. The maximum Gasteiger partial charge on any atom is 0.336 e. The second-order valence-corrected chi connectivity index (χ2v) is 5.88. The molecule has 0 atom stereocenters. The number of phenolic OH excluding ortho intramolecular Hbond substituents is 2. The van der Waals surface area contributed by atoms with Crippen molar-refractivity contribution in [1.29, 1.82) is 0 Å². The number of aromatic hydroxyl groups is 2. The van der Waals surface area contributed by atoms with Gasteiger partial charge in [0.2, 0.25) is 0 Å². The lowest BCUT2D eigenvalue weighted by molar-refractivity contribution is -0.130. The zero-order valence-corrected chi connectivity index (χ0v) is 14.5. The van der Waals surface area contributed by atoms with E-state index >= 15 is 0 Å². The molecular weight excluding hydrogens is 352 g/mol. The van der Waals surface area contributed by atoms with E-state index in [9.17, 15) is 24.9 Å². The molecule has 0 spiro atoms. The van der Waals surface area contributed by atoms with E-state index in [4.69, 9.17) is 9.15 Å². The van der Waals surface area contributed by atoms with Crippen LogP contribution >= 0.6 is 0 Å². The van der Waals surface area contributed by atoms with Crippen molar-refractivity contribution in [3.8, 4) is 17.2 Å². The molecule has 3 N–H and O–H groups in total. The largest absolute Gasteiger partial charge is 0.507 e. The van der Waals surface area contributed by atoms with Crippen LogP contribution in [0.5, 0.6) is 17.2 Å². The molecule has 0 radical (unpaired) electrons. The predicted octanol–water partition coefficient (Wildman–Crippen LogP) is 3.15. The Kier molecular flexibility index (Phi) is 4.60. The fourth-order valence-electron chi connectivity index (χ4n) is 2.76. The lowest BCUT2D eigenvalue weighted by atomic mass is 10.0. The summed E-state index contributed by atoms with van der Waals surface area (Å²) < 4.78 is 10.5. The van der Waals surface area contributed by atoms with Crippen molar-refractivity contribution < 1.29 is 29.3 Å². The van der Waals surface area contributed by atoms with Crippen molar-refractivity contribution in [2.24, 2.45) is 0 Å². The normalized spacial score (nSPS) is 11.6. The molecule has 0 saturated heterocycles. The van der Waals surface area contributed by atoms with Gasteiger partial charge in [0.05, 0.1) is 12.7 Å². The number of hydrogen-bond donors (Lipinski definition) is 3. The molecule has 0 bridgehead atoms. The van der Waals surface area contributed by atoms with Crippen molar-refractivity contribution in [1.82, 2.24) is 0 Å². The number of carbonyl (C=O) groups is 1. The molecule has 0 aliphatic rings. The van der Waals surface area contributed by atoms with Crippen LogP contribution in [0, 0.1) is 6.92 Å². The number of methoxy groups -OCH3 is 1. The van der Waals surface area contributed by atoms with Crippen LogP contribution in [0.15, 0.2) is 45.6 Å². The Bertz CT molecular complexity index is 1140. The molecule has 1 aromatic heterocycles. The van der Waals surface area contributed by atoms with Gasteiger partial charge >= 0.3 is 5.97 Å². The average molecular weight is 368 g/mol. The summed E-state index contributed by atoms with van der Waals surface area (Å²) in [5, 5.41) is 29.5. The number of hydrogen-bond acceptors (Lipinski definition) is 6. The SMILES string of the molecule is COc1cc(C=C(C(=O)O)c2cc(O)c3c(=O)cc(C)oc3c2)ccc1O. The zero-order chi connectivity index (χ0) is 19.7. The number of benzene rings is 2. The van der Waals surface area contributed by atoms with Crippen molar-refractivity contribution in [3.63, 3.8) is 0 Å². The quantitative estimate of drug-likeness (QED) is 0.478. The summed E-state index contributed by atoms with van der Waals surface area (Å²) in [5.41, 5.74) is 0.164. The Balaban J connectivity index is 2.21. The number of fused-ring (bicyclic) bond motifs is 1. The lowest BCUT2D eigenvalue weighted by Gasteiger charge is -2.08. The van der Waals surface area contributed by atoms with E-state index in [-0.39, 0.29) is 39.4 Å². The highest BCUT2D eigenvalue weighted by Crippen LogP contribution is 2.31. The molecule has 3 aromatic rings. The minimum absolute atomic E-state index is 0.0135. The van der Waals surface area contributed by atoms with Crippen molar-refractivity contribution in [2.75, 3.05) is 7.11 Å². The Morgan fingerprint density at radius 2 is 1.85 bits per heavy atom. The number of aryl methyl sites for hydroxylation is 1. The smallest absolute Gasteiger partial charge is 0.336 e. The van der Waals surface area contributed by atoms with E-state index in [1.807, 2.05) is 0 Å². The van der Waals surface area contributed by atoms with Crippen molar-refractivity contribution in [3.05, 3.63) is 63.5 Å². The fraction of sp³-hybridized carbons (Fsp3) is 0.100. The Hall–Kier alpha value is -3.74. The summed E-state index contributed by atoms with van der Waals surface area (Å²) in [6, 6.07) is 8.21. The molecule has 0 unspecified atom stereocenters. The summed E-state index contributed by atoms with van der Waals surface area (Å²) in [4.78, 5) is 23.8. The van der Waals surface area contributed by atoms with E-state index in [0.717, 1.165) is 0 Å². The van der Waals surface area contributed by atoms with E-state index in [1.165, 1.54) is 49.6 Å². The highest BCUT2D eigenvalue weighted by molar-refractivity contribution is 6.21. The van der Waals surface area contributed by atoms with Gasteiger partial charge in [-0.25, -0.2) is 4.79 Å². The van der Waals surface area contributed by atoms with Gasteiger partial charge in [-0.2, -0.15) is 0 Å². The van der Waals surface area contributed by atoms with E-state index in [0.29, 0.717) is 11.3 Å². The topological polar surface area (TPSA) is 117 Å². The van der Waals surface area contributed by atoms with Crippen LogP contribution in [0.1, 0.15) is 16.9 Å². The Morgan fingerprint density at radius 1 is 1.11 bits per heavy atom. The molecular formula is C20H16O7. The van der Waals surface area contributed by atoms with Crippen LogP contribution in [-0.4, -0.2) is 28.4 Å². The highest BCUT2D eigenvalue weighted by Gasteiger charge is 2.17. The van der Waals surface area contributed by atoms with Crippen LogP contribution in [0.2, 0.25) is 0 Å². The van der Waals surface area contributed by atoms with Crippen LogP contribution < -0.4 is 10.2 Å². The van der Waals surface area contributed by atoms with Crippen LogP contribution in [0.4, 0.5) is 0 Å². The van der Waals surface area contributed by atoms with Gasteiger partial charge in [0.25, 0.3) is 0 Å². The summed E-state index contributed by atoms with van der Waals surface area (Å²) in [7, 11) is 1.38. The number of carboxylic acid groups (broad SMARTS) is 1.